The molecule has 0 atom stereocenters. The van der Waals surface area contributed by atoms with Crippen LogP contribution in [0.15, 0.2) is 24.3 Å². The van der Waals surface area contributed by atoms with Crippen molar-refractivity contribution in [3.05, 3.63) is 24.3 Å². The van der Waals surface area contributed by atoms with Crippen LogP contribution in [-0.4, -0.2) is 44.2 Å². The van der Waals surface area contributed by atoms with Crippen LogP contribution in [0.5, 0.6) is 5.75 Å². The molecule has 0 unspecified atom stereocenters. The van der Waals surface area contributed by atoms with Gasteiger partial charge in [-0.3, -0.25) is 4.79 Å². The molecule has 0 radical (unpaired) electrons. The summed E-state index contributed by atoms with van der Waals surface area (Å²) < 4.78 is 10.9. The van der Waals surface area contributed by atoms with Crippen LogP contribution in [0.25, 0.3) is 0 Å². The van der Waals surface area contributed by atoms with Gasteiger partial charge in [-0.05, 0) is 43.0 Å². The Hall–Kier alpha value is -1.75. The first-order valence-corrected chi connectivity index (χ1v) is 7.45. The van der Waals surface area contributed by atoms with Gasteiger partial charge < -0.3 is 20.1 Å². The van der Waals surface area contributed by atoms with Crippen molar-refractivity contribution >= 4 is 11.6 Å². The van der Waals surface area contributed by atoms with Crippen LogP contribution in [0.3, 0.4) is 0 Å². The van der Waals surface area contributed by atoms with E-state index in [9.17, 15) is 4.79 Å². The first-order chi connectivity index (χ1) is 10.1. The van der Waals surface area contributed by atoms with Crippen molar-refractivity contribution in [2.75, 3.05) is 39.1 Å². The molecule has 0 aromatic heterocycles. The van der Waals surface area contributed by atoms with Gasteiger partial charge in [0.05, 0.1) is 13.0 Å². The summed E-state index contributed by atoms with van der Waals surface area (Å²) in [6.07, 6.45) is 2.48. The number of ether oxygens (including phenoxy) is 2. The van der Waals surface area contributed by atoms with Crippen molar-refractivity contribution in [3.8, 4) is 5.75 Å². The summed E-state index contributed by atoms with van der Waals surface area (Å²) in [5.41, 5.74) is 6.31. The summed E-state index contributed by atoms with van der Waals surface area (Å²) >= 11 is 0. The van der Waals surface area contributed by atoms with E-state index in [0.29, 0.717) is 24.6 Å². The molecule has 1 amide bonds. The van der Waals surface area contributed by atoms with E-state index in [0.717, 1.165) is 38.3 Å². The highest BCUT2D eigenvalue weighted by Gasteiger charge is 2.18. The van der Waals surface area contributed by atoms with Crippen molar-refractivity contribution < 1.29 is 14.3 Å². The molecule has 5 nitrogen and oxygen atoms in total. The number of carbonyl (C=O) groups excluding carboxylic acids is 1. The molecule has 116 valence electrons. The van der Waals surface area contributed by atoms with E-state index in [1.807, 2.05) is 24.1 Å². The maximum absolute atomic E-state index is 12.1. The molecule has 0 spiro atoms. The molecule has 1 aliphatic heterocycles. The molecule has 2 N–H and O–H groups in total. The van der Waals surface area contributed by atoms with Crippen LogP contribution in [0.1, 0.15) is 19.3 Å². The Balaban J connectivity index is 1.67. The van der Waals surface area contributed by atoms with Gasteiger partial charge in [0.15, 0.2) is 0 Å². The normalized spacial score (nSPS) is 15.7. The van der Waals surface area contributed by atoms with E-state index in [4.69, 9.17) is 15.2 Å². The van der Waals surface area contributed by atoms with Crippen LogP contribution in [0.4, 0.5) is 5.69 Å². The third-order valence-electron chi connectivity index (χ3n) is 3.76. The van der Waals surface area contributed by atoms with Gasteiger partial charge >= 0.3 is 0 Å². The molecule has 1 aliphatic rings. The van der Waals surface area contributed by atoms with Gasteiger partial charge in [-0.1, -0.05) is 0 Å². The Morgan fingerprint density at radius 2 is 2.00 bits per heavy atom. The van der Waals surface area contributed by atoms with Crippen molar-refractivity contribution in [2.24, 2.45) is 5.92 Å². The largest absolute Gasteiger partial charge is 0.493 e. The van der Waals surface area contributed by atoms with E-state index < -0.39 is 0 Å². The molecule has 0 saturated carbocycles. The molecule has 1 aromatic rings. The lowest BCUT2D eigenvalue weighted by Crippen LogP contribution is -2.34. The Morgan fingerprint density at radius 1 is 1.33 bits per heavy atom. The zero-order valence-electron chi connectivity index (χ0n) is 12.6. The van der Waals surface area contributed by atoms with E-state index >= 15 is 0 Å². The van der Waals surface area contributed by atoms with Crippen LogP contribution in [-0.2, 0) is 9.53 Å². The first kappa shape index (κ1) is 15.6. The molecule has 1 saturated heterocycles. The SMILES string of the molecule is CN(CC1CCOCC1)C(=O)CCOc1ccc(N)cc1. The van der Waals surface area contributed by atoms with Crippen LogP contribution < -0.4 is 10.5 Å². The number of carbonyl (C=O) groups is 1. The minimum absolute atomic E-state index is 0.122. The monoisotopic (exact) mass is 292 g/mol. The van der Waals surface area contributed by atoms with Gasteiger partial charge in [0.1, 0.15) is 5.75 Å². The predicted molar refractivity (Wildman–Crippen MR) is 82.1 cm³/mol. The van der Waals surface area contributed by atoms with Gasteiger partial charge in [-0.15, -0.1) is 0 Å². The van der Waals surface area contributed by atoms with Gasteiger partial charge in [-0.25, -0.2) is 0 Å². The van der Waals surface area contributed by atoms with Gasteiger partial charge in [0.25, 0.3) is 0 Å². The van der Waals surface area contributed by atoms with Crippen molar-refractivity contribution in [3.63, 3.8) is 0 Å². The van der Waals surface area contributed by atoms with Crippen LogP contribution in [0, 0.1) is 5.92 Å². The Bertz CT molecular complexity index is 441. The Kier molecular flexibility index (Phi) is 5.87. The molecule has 0 bridgehead atoms. The second kappa shape index (κ2) is 7.88. The van der Waals surface area contributed by atoms with Gasteiger partial charge in [0.2, 0.25) is 5.91 Å². The number of nitrogens with zero attached hydrogens (tertiary/aromatic N) is 1. The number of benzene rings is 1. The van der Waals surface area contributed by atoms with E-state index in [2.05, 4.69) is 0 Å². The zero-order valence-corrected chi connectivity index (χ0v) is 12.6. The fraction of sp³-hybridized carbons (Fsp3) is 0.562. The third-order valence-corrected chi connectivity index (χ3v) is 3.76. The highest BCUT2D eigenvalue weighted by molar-refractivity contribution is 5.76. The zero-order chi connectivity index (χ0) is 15.1. The predicted octanol–water partition coefficient (Wildman–Crippen LogP) is 1.92. The minimum atomic E-state index is 0.122. The second-order valence-electron chi connectivity index (χ2n) is 5.50. The highest BCUT2D eigenvalue weighted by atomic mass is 16.5. The molecule has 2 rings (SSSR count). The summed E-state index contributed by atoms with van der Waals surface area (Å²) in [6.45, 7) is 2.82. The average molecular weight is 292 g/mol. The number of hydrogen-bond acceptors (Lipinski definition) is 4. The molecule has 5 heteroatoms. The minimum Gasteiger partial charge on any atom is -0.493 e. The summed E-state index contributed by atoms with van der Waals surface area (Å²) in [6, 6.07) is 7.19. The van der Waals surface area contributed by atoms with E-state index in [1.54, 1.807) is 12.1 Å². The number of anilines is 1. The van der Waals surface area contributed by atoms with E-state index in [-0.39, 0.29) is 5.91 Å². The summed E-state index contributed by atoms with van der Waals surface area (Å²) in [7, 11) is 1.86. The quantitative estimate of drug-likeness (QED) is 0.814. The molecule has 1 fully saturated rings. The Labute approximate surface area is 126 Å². The summed E-state index contributed by atoms with van der Waals surface area (Å²) in [5.74, 6) is 1.42. The lowest BCUT2D eigenvalue weighted by molar-refractivity contribution is -0.131. The number of hydrogen-bond donors (Lipinski definition) is 1. The van der Waals surface area contributed by atoms with Gasteiger partial charge in [0, 0.05) is 32.5 Å². The van der Waals surface area contributed by atoms with Crippen LogP contribution in [0.2, 0.25) is 0 Å². The summed E-state index contributed by atoms with van der Waals surface area (Å²) in [4.78, 5) is 13.9. The maximum Gasteiger partial charge on any atom is 0.225 e. The number of rotatable bonds is 6. The molecule has 1 heterocycles. The third kappa shape index (κ3) is 5.27. The molecular weight excluding hydrogens is 268 g/mol. The highest BCUT2D eigenvalue weighted by Crippen LogP contribution is 2.16. The lowest BCUT2D eigenvalue weighted by atomic mass is 10.00. The second-order valence-corrected chi connectivity index (χ2v) is 5.50. The first-order valence-electron chi connectivity index (χ1n) is 7.45. The number of amides is 1. The van der Waals surface area contributed by atoms with Gasteiger partial charge in [-0.2, -0.15) is 0 Å². The smallest absolute Gasteiger partial charge is 0.225 e. The average Bonchev–Trinajstić information content (AvgIpc) is 2.50. The van der Waals surface area contributed by atoms with Crippen molar-refractivity contribution in [1.82, 2.24) is 4.90 Å². The fourth-order valence-electron chi connectivity index (χ4n) is 2.43. The van der Waals surface area contributed by atoms with Crippen molar-refractivity contribution in [2.45, 2.75) is 19.3 Å². The number of nitrogen functional groups attached to an aromatic ring is 1. The number of nitrogens with two attached hydrogens (primary N) is 1. The molecule has 21 heavy (non-hydrogen) atoms. The maximum atomic E-state index is 12.1. The van der Waals surface area contributed by atoms with Crippen LogP contribution >= 0.6 is 0 Å². The van der Waals surface area contributed by atoms with E-state index in [1.165, 1.54) is 0 Å². The lowest BCUT2D eigenvalue weighted by Gasteiger charge is -2.27. The molecule has 0 aliphatic carbocycles. The topological polar surface area (TPSA) is 64.8 Å². The standard InChI is InChI=1S/C16H24N2O3/c1-18(12-13-6-9-20-10-7-13)16(19)8-11-21-15-4-2-14(17)3-5-15/h2-5,13H,6-12,17H2,1H3. The molecular formula is C16H24N2O3. The Morgan fingerprint density at radius 3 is 2.67 bits per heavy atom. The van der Waals surface area contributed by atoms with Crippen molar-refractivity contribution in [1.29, 1.82) is 0 Å². The fourth-order valence-corrected chi connectivity index (χ4v) is 2.43. The summed E-state index contributed by atoms with van der Waals surface area (Å²) in [5, 5.41) is 0. The molecule has 1 aromatic carbocycles.